The number of ether oxygens (including phenoxy) is 1. The fourth-order valence-electron chi connectivity index (χ4n) is 1.85. The van der Waals surface area contributed by atoms with Crippen molar-refractivity contribution in [1.82, 2.24) is 0 Å². The molecule has 0 saturated heterocycles. The quantitative estimate of drug-likeness (QED) is 0.741. The predicted molar refractivity (Wildman–Crippen MR) is 89.0 cm³/mol. The topological polar surface area (TPSA) is 43.4 Å². The van der Waals surface area contributed by atoms with Crippen LogP contribution in [0.4, 0.5) is 0 Å². The molecule has 0 aliphatic heterocycles. The second-order valence-electron chi connectivity index (χ2n) is 4.44. The maximum Gasteiger partial charge on any atom is 0.339 e. The normalized spacial score (nSPS) is 12.0. The molecule has 116 valence electrons. The molecule has 2 rings (SSSR count). The summed E-state index contributed by atoms with van der Waals surface area (Å²) in [5.74, 6) is -0.0868. The maximum atomic E-state index is 12.2. The zero-order valence-electron chi connectivity index (χ0n) is 11.8. The first-order chi connectivity index (χ1) is 10.5. The van der Waals surface area contributed by atoms with Crippen LogP contribution in [0, 0.1) is 0 Å². The molecule has 2 aromatic carbocycles. The third-order valence-corrected chi connectivity index (χ3v) is 4.95. The molecule has 0 unspecified atom stereocenters. The van der Waals surface area contributed by atoms with E-state index in [1.165, 1.54) is 0 Å². The van der Waals surface area contributed by atoms with Crippen molar-refractivity contribution in [3.63, 3.8) is 0 Å². The summed E-state index contributed by atoms with van der Waals surface area (Å²) in [5.41, 5.74) is 0.973. The van der Waals surface area contributed by atoms with Crippen molar-refractivity contribution in [2.24, 2.45) is 0 Å². The van der Waals surface area contributed by atoms with Gasteiger partial charge in [0.05, 0.1) is 21.3 Å². The highest BCUT2D eigenvalue weighted by Crippen LogP contribution is 2.22. The van der Waals surface area contributed by atoms with Gasteiger partial charge in [-0.3, -0.25) is 4.21 Å². The van der Waals surface area contributed by atoms with Gasteiger partial charge in [-0.2, -0.15) is 0 Å². The second kappa shape index (κ2) is 7.77. The van der Waals surface area contributed by atoms with Crippen molar-refractivity contribution in [3.05, 3.63) is 63.6 Å². The fourth-order valence-corrected chi connectivity index (χ4v) is 3.25. The summed E-state index contributed by atoms with van der Waals surface area (Å²) in [6.07, 6.45) is 0. The molecular formula is C16H14Cl2O3S. The van der Waals surface area contributed by atoms with E-state index in [0.717, 1.165) is 0 Å². The van der Waals surface area contributed by atoms with E-state index in [4.69, 9.17) is 27.9 Å². The average Bonchev–Trinajstić information content (AvgIpc) is 2.53. The van der Waals surface area contributed by atoms with E-state index < -0.39 is 16.8 Å². The first kappa shape index (κ1) is 17.0. The molecule has 0 amide bonds. The highest BCUT2D eigenvalue weighted by molar-refractivity contribution is 7.85. The summed E-state index contributed by atoms with van der Waals surface area (Å²) in [7, 11) is -1.22. The van der Waals surface area contributed by atoms with Crippen molar-refractivity contribution in [2.75, 3.05) is 5.75 Å². The average molecular weight is 357 g/mol. The molecule has 0 bridgehead atoms. The molecular weight excluding hydrogens is 343 g/mol. The number of carbonyl (C=O) groups excluding carboxylic acids is 1. The summed E-state index contributed by atoms with van der Waals surface area (Å²) < 4.78 is 17.2. The number of halogens is 2. The summed E-state index contributed by atoms with van der Waals surface area (Å²) in [6.45, 7) is 1.83. The second-order valence-corrected chi connectivity index (χ2v) is 6.99. The predicted octanol–water partition coefficient (Wildman–Crippen LogP) is 4.48. The van der Waals surface area contributed by atoms with Gasteiger partial charge in [0.15, 0.2) is 0 Å². The molecule has 6 heteroatoms. The number of esters is 1. The Balaban J connectivity index is 2.15. The molecule has 0 saturated carbocycles. The Morgan fingerprint density at radius 2 is 1.91 bits per heavy atom. The summed E-state index contributed by atoms with van der Waals surface area (Å²) in [4.78, 5) is 12.7. The maximum absolute atomic E-state index is 12.2. The minimum absolute atomic E-state index is 0.0297. The van der Waals surface area contributed by atoms with Gasteiger partial charge in [0.25, 0.3) is 0 Å². The van der Waals surface area contributed by atoms with E-state index in [9.17, 15) is 9.00 Å². The van der Waals surface area contributed by atoms with Crippen LogP contribution < -0.4 is 0 Å². The Morgan fingerprint density at radius 3 is 2.59 bits per heavy atom. The van der Waals surface area contributed by atoms with Crippen LogP contribution in [0.25, 0.3) is 0 Å². The van der Waals surface area contributed by atoms with E-state index in [1.807, 2.05) is 0 Å². The molecule has 0 fully saturated rings. The highest BCUT2D eigenvalue weighted by Gasteiger charge is 2.16. The van der Waals surface area contributed by atoms with Gasteiger partial charge in [0.1, 0.15) is 6.61 Å². The zero-order valence-corrected chi connectivity index (χ0v) is 14.2. The molecule has 0 spiro atoms. The largest absolute Gasteiger partial charge is 0.457 e. The van der Waals surface area contributed by atoms with E-state index in [2.05, 4.69) is 0 Å². The SMILES string of the molecule is CC[S@](=O)c1ccccc1C(=O)OCc1ccc(Cl)cc1Cl. The van der Waals surface area contributed by atoms with Gasteiger partial charge in [-0.15, -0.1) is 0 Å². The molecule has 0 aliphatic carbocycles. The first-order valence-electron chi connectivity index (χ1n) is 6.61. The monoisotopic (exact) mass is 356 g/mol. The van der Waals surface area contributed by atoms with Crippen LogP contribution in [0.1, 0.15) is 22.8 Å². The molecule has 3 nitrogen and oxygen atoms in total. The number of rotatable bonds is 5. The molecule has 22 heavy (non-hydrogen) atoms. The molecule has 0 N–H and O–H groups in total. The number of benzene rings is 2. The minimum Gasteiger partial charge on any atom is -0.457 e. The van der Waals surface area contributed by atoms with Gasteiger partial charge in [-0.05, 0) is 24.3 Å². The summed E-state index contributed by atoms with van der Waals surface area (Å²) >= 11 is 11.9. The van der Waals surface area contributed by atoms with Crippen molar-refractivity contribution in [2.45, 2.75) is 18.4 Å². The molecule has 2 aromatic rings. The summed E-state index contributed by atoms with van der Waals surface area (Å²) in [5, 5.41) is 0.953. The smallest absolute Gasteiger partial charge is 0.339 e. The third-order valence-electron chi connectivity index (χ3n) is 2.99. The van der Waals surface area contributed by atoms with E-state index in [1.54, 1.807) is 49.4 Å². The van der Waals surface area contributed by atoms with Crippen LogP contribution in [0.15, 0.2) is 47.4 Å². The first-order valence-corrected chi connectivity index (χ1v) is 8.69. The standard InChI is InChI=1S/C16H14Cl2O3S/c1-2-22(20)15-6-4-3-5-13(15)16(19)21-10-11-7-8-12(17)9-14(11)18/h3-9H,2,10H2,1H3/t22-/m0/s1. The molecule has 0 radical (unpaired) electrons. The van der Waals surface area contributed by atoms with Crippen LogP contribution in [-0.2, 0) is 22.1 Å². The van der Waals surface area contributed by atoms with E-state index in [-0.39, 0.29) is 6.61 Å². The molecule has 1 atom stereocenters. The lowest BCUT2D eigenvalue weighted by Gasteiger charge is -2.09. The Kier molecular flexibility index (Phi) is 6.00. The Labute approximate surface area is 141 Å². The third kappa shape index (κ3) is 4.09. The van der Waals surface area contributed by atoms with Crippen molar-refractivity contribution < 1.29 is 13.7 Å². The molecule has 0 heterocycles. The van der Waals surface area contributed by atoms with Gasteiger partial charge < -0.3 is 4.74 Å². The lowest BCUT2D eigenvalue weighted by atomic mass is 10.2. The van der Waals surface area contributed by atoms with Crippen LogP contribution in [0.2, 0.25) is 10.0 Å². The van der Waals surface area contributed by atoms with Crippen molar-refractivity contribution in [1.29, 1.82) is 0 Å². The minimum atomic E-state index is -1.22. The number of hydrogen-bond donors (Lipinski definition) is 0. The zero-order chi connectivity index (χ0) is 16.1. The van der Waals surface area contributed by atoms with Gasteiger partial charge in [0.2, 0.25) is 0 Å². The fraction of sp³-hybridized carbons (Fsp3) is 0.188. The highest BCUT2D eigenvalue weighted by atomic mass is 35.5. The van der Waals surface area contributed by atoms with Crippen molar-refractivity contribution in [3.8, 4) is 0 Å². The van der Waals surface area contributed by atoms with Crippen LogP contribution in [0.5, 0.6) is 0 Å². The van der Waals surface area contributed by atoms with E-state index in [0.29, 0.717) is 31.8 Å². The van der Waals surface area contributed by atoms with Gasteiger partial charge in [0, 0.05) is 21.4 Å². The van der Waals surface area contributed by atoms with Crippen LogP contribution >= 0.6 is 23.2 Å². The Hall–Kier alpha value is -1.36. The summed E-state index contributed by atoms with van der Waals surface area (Å²) in [6, 6.07) is 11.7. The molecule has 0 aromatic heterocycles. The van der Waals surface area contributed by atoms with Crippen LogP contribution in [-0.4, -0.2) is 15.9 Å². The van der Waals surface area contributed by atoms with Gasteiger partial charge >= 0.3 is 5.97 Å². The van der Waals surface area contributed by atoms with Crippen molar-refractivity contribution >= 4 is 40.0 Å². The Morgan fingerprint density at radius 1 is 1.18 bits per heavy atom. The van der Waals surface area contributed by atoms with E-state index >= 15 is 0 Å². The molecule has 0 aliphatic rings. The van der Waals surface area contributed by atoms with Crippen LogP contribution in [0.3, 0.4) is 0 Å². The van der Waals surface area contributed by atoms with Gasteiger partial charge in [-0.1, -0.05) is 48.3 Å². The number of carbonyl (C=O) groups is 1. The van der Waals surface area contributed by atoms with Gasteiger partial charge in [-0.25, -0.2) is 4.79 Å². The number of hydrogen-bond acceptors (Lipinski definition) is 3. The lowest BCUT2D eigenvalue weighted by molar-refractivity contribution is 0.0468. The Bertz CT molecular complexity index is 716. The lowest BCUT2D eigenvalue weighted by Crippen LogP contribution is -2.10.